The number of likely N-dealkylation sites (N-methyl/N-ethyl adjacent to an activating group) is 1. The van der Waals surface area contributed by atoms with Crippen LogP contribution in [0.4, 0.5) is 0 Å². The summed E-state index contributed by atoms with van der Waals surface area (Å²) in [5.41, 5.74) is 1.53. The number of benzene rings is 1. The smallest absolute Gasteiger partial charge is 0.119 e. The monoisotopic (exact) mass is 263 g/mol. The van der Waals surface area contributed by atoms with Gasteiger partial charge < -0.3 is 10.1 Å². The molecule has 1 aromatic carbocycles. The number of nitrogens with one attached hydrogen (secondary N) is 1. The van der Waals surface area contributed by atoms with Crippen LogP contribution in [0.25, 0.3) is 0 Å². The first kappa shape index (κ1) is 16.0. The Balaban J connectivity index is 2.69. The molecule has 108 valence electrons. The van der Waals surface area contributed by atoms with E-state index in [1.807, 2.05) is 0 Å². The standard InChI is InChI=1S/C17H29NO/c1-7-18-12-16(13(2)3)19-15-10-8-14(9-11-15)17(4,5)6/h8-11,13,16,18H,7,12H2,1-6H3. The van der Waals surface area contributed by atoms with E-state index < -0.39 is 0 Å². The number of ether oxygens (including phenoxy) is 1. The van der Waals surface area contributed by atoms with Gasteiger partial charge in [0.15, 0.2) is 0 Å². The van der Waals surface area contributed by atoms with E-state index in [9.17, 15) is 0 Å². The summed E-state index contributed by atoms with van der Waals surface area (Å²) < 4.78 is 6.08. The maximum atomic E-state index is 6.08. The summed E-state index contributed by atoms with van der Waals surface area (Å²) in [5.74, 6) is 1.46. The third-order valence-corrected chi connectivity index (χ3v) is 3.35. The topological polar surface area (TPSA) is 21.3 Å². The molecule has 0 spiro atoms. The normalized spacial score (nSPS) is 13.6. The molecule has 1 atom stereocenters. The summed E-state index contributed by atoms with van der Waals surface area (Å²) in [5, 5.41) is 3.36. The van der Waals surface area contributed by atoms with E-state index in [0.29, 0.717) is 5.92 Å². The zero-order valence-corrected chi connectivity index (χ0v) is 13.3. The molecule has 0 radical (unpaired) electrons. The molecule has 2 nitrogen and oxygen atoms in total. The fourth-order valence-corrected chi connectivity index (χ4v) is 1.91. The first-order valence-corrected chi connectivity index (χ1v) is 7.32. The van der Waals surface area contributed by atoms with E-state index >= 15 is 0 Å². The van der Waals surface area contributed by atoms with Crippen LogP contribution < -0.4 is 10.1 Å². The zero-order valence-electron chi connectivity index (χ0n) is 13.3. The Morgan fingerprint density at radius 2 is 1.68 bits per heavy atom. The van der Waals surface area contributed by atoms with Gasteiger partial charge in [-0.1, -0.05) is 53.7 Å². The van der Waals surface area contributed by atoms with Crippen LogP contribution in [0.3, 0.4) is 0 Å². The molecule has 0 amide bonds. The highest BCUT2D eigenvalue weighted by molar-refractivity contribution is 5.31. The van der Waals surface area contributed by atoms with Gasteiger partial charge in [-0.2, -0.15) is 0 Å². The van der Waals surface area contributed by atoms with Gasteiger partial charge in [-0.05, 0) is 35.6 Å². The second-order valence-electron chi connectivity index (χ2n) is 6.48. The predicted octanol–water partition coefficient (Wildman–Crippen LogP) is 4.00. The highest BCUT2D eigenvalue weighted by Crippen LogP contribution is 2.25. The number of rotatable bonds is 6. The molecular weight excluding hydrogens is 234 g/mol. The van der Waals surface area contributed by atoms with Gasteiger partial charge in [-0.25, -0.2) is 0 Å². The Morgan fingerprint density at radius 3 is 2.11 bits per heavy atom. The molecule has 0 aliphatic rings. The molecule has 1 rings (SSSR count). The van der Waals surface area contributed by atoms with Crippen LogP contribution in [-0.4, -0.2) is 19.2 Å². The van der Waals surface area contributed by atoms with Crippen LogP contribution >= 0.6 is 0 Å². The maximum absolute atomic E-state index is 6.08. The summed E-state index contributed by atoms with van der Waals surface area (Å²) in [6.45, 7) is 15.1. The SMILES string of the molecule is CCNCC(Oc1ccc(C(C)(C)C)cc1)C(C)C. The average molecular weight is 263 g/mol. The Bertz CT molecular complexity index is 362. The Morgan fingerprint density at radius 1 is 1.11 bits per heavy atom. The van der Waals surface area contributed by atoms with Crippen molar-refractivity contribution in [1.82, 2.24) is 5.32 Å². The zero-order chi connectivity index (χ0) is 14.5. The quantitative estimate of drug-likeness (QED) is 0.837. The predicted molar refractivity (Wildman–Crippen MR) is 82.9 cm³/mol. The number of hydrogen-bond acceptors (Lipinski definition) is 2. The Labute approximate surface area is 118 Å². The fourth-order valence-electron chi connectivity index (χ4n) is 1.91. The summed E-state index contributed by atoms with van der Waals surface area (Å²) in [6, 6.07) is 8.50. The lowest BCUT2D eigenvalue weighted by atomic mass is 9.87. The Kier molecular flexibility index (Phi) is 5.86. The summed E-state index contributed by atoms with van der Waals surface area (Å²) in [6.07, 6.45) is 0.223. The van der Waals surface area contributed by atoms with Crippen molar-refractivity contribution in [3.63, 3.8) is 0 Å². The van der Waals surface area contributed by atoms with Gasteiger partial charge in [0.05, 0.1) is 0 Å². The van der Waals surface area contributed by atoms with Crippen molar-refractivity contribution in [2.75, 3.05) is 13.1 Å². The van der Waals surface area contributed by atoms with Crippen molar-refractivity contribution >= 4 is 0 Å². The van der Waals surface area contributed by atoms with Crippen molar-refractivity contribution in [3.8, 4) is 5.75 Å². The van der Waals surface area contributed by atoms with E-state index in [0.717, 1.165) is 18.8 Å². The molecule has 1 aromatic rings. The molecule has 0 aliphatic carbocycles. The molecular formula is C17H29NO. The summed E-state index contributed by atoms with van der Waals surface area (Å²) >= 11 is 0. The molecule has 0 bridgehead atoms. The third kappa shape index (κ3) is 5.23. The van der Waals surface area contributed by atoms with Gasteiger partial charge in [0, 0.05) is 6.54 Å². The van der Waals surface area contributed by atoms with Gasteiger partial charge in [0.2, 0.25) is 0 Å². The van der Waals surface area contributed by atoms with Crippen molar-refractivity contribution < 1.29 is 4.74 Å². The highest BCUT2D eigenvalue weighted by Gasteiger charge is 2.16. The molecule has 0 aliphatic heterocycles. The maximum Gasteiger partial charge on any atom is 0.119 e. The van der Waals surface area contributed by atoms with E-state index in [2.05, 4.69) is 71.1 Å². The summed E-state index contributed by atoms with van der Waals surface area (Å²) in [7, 11) is 0. The lowest BCUT2D eigenvalue weighted by molar-refractivity contribution is 0.149. The van der Waals surface area contributed by atoms with Crippen LogP contribution in [0, 0.1) is 5.92 Å². The second kappa shape index (κ2) is 6.95. The lowest BCUT2D eigenvalue weighted by Crippen LogP contribution is -2.35. The fraction of sp³-hybridized carbons (Fsp3) is 0.647. The van der Waals surface area contributed by atoms with Crippen LogP contribution in [0.5, 0.6) is 5.75 Å². The van der Waals surface area contributed by atoms with E-state index in [-0.39, 0.29) is 11.5 Å². The molecule has 1 N–H and O–H groups in total. The van der Waals surface area contributed by atoms with Gasteiger partial charge >= 0.3 is 0 Å². The van der Waals surface area contributed by atoms with Crippen molar-refractivity contribution in [1.29, 1.82) is 0 Å². The van der Waals surface area contributed by atoms with Crippen LogP contribution in [0.1, 0.15) is 47.1 Å². The van der Waals surface area contributed by atoms with Crippen LogP contribution in [0.15, 0.2) is 24.3 Å². The van der Waals surface area contributed by atoms with E-state index in [1.165, 1.54) is 5.56 Å². The minimum absolute atomic E-state index is 0.194. The minimum Gasteiger partial charge on any atom is -0.489 e. The van der Waals surface area contributed by atoms with Gasteiger partial charge in [0.25, 0.3) is 0 Å². The van der Waals surface area contributed by atoms with E-state index in [4.69, 9.17) is 4.74 Å². The van der Waals surface area contributed by atoms with Gasteiger partial charge in [-0.15, -0.1) is 0 Å². The second-order valence-corrected chi connectivity index (χ2v) is 6.48. The first-order valence-electron chi connectivity index (χ1n) is 7.32. The molecule has 0 heterocycles. The van der Waals surface area contributed by atoms with Crippen LogP contribution in [0.2, 0.25) is 0 Å². The first-order chi connectivity index (χ1) is 8.84. The van der Waals surface area contributed by atoms with E-state index in [1.54, 1.807) is 0 Å². The molecule has 0 fully saturated rings. The highest BCUT2D eigenvalue weighted by atomic mass is 16.5. The van der Waals surface area contributed by atoms with Crippen molar-refractivity contribution in [2.24, 2.45) is 5.92 Å². The summed E-state index contributed by atoms with van der Waals surface area (Å²) in [4.78, 5) is 0. The van der Waals surface area contributed by atoms with Crippen molar-refractivity contribution in [2.45, 2.75) is 53.1 Å². The molecule has 19 heavy (non-hydrogen) atoms. The number of hydrogen-bond donors (Lipinski definition) is 1. The average Bonchev–Trinajstić information content (AvgIpc) is 2.33. The third-order valence-electron chi connectivity index (χ3n) is 3.35. The van der Waals surface area contributed by atoms with Gasteiger partial charge in [-0.3, -0.25) is 0 Å². The lowest BCUT2D eigenvalue weighted by Gasteiger charge is -2.24. The largest absolute Gasteiger partial charge is 0.489 e. The molecule has 0 saturated heterocycles. The molecule has 0 aromatic heterocycles. The Hall–Kier alpha value is -1.02. The van der Waals surface area contributed by atoms with Crippen molar-refractivity contribution in [3.05, 3.63) is 29.8 Å². The molecule has 1 unspecified atom stereocenters. The minimum atomic E-state index is 0.194. The van der Waals surface area contributed by atoms with Crippen LogP contribution in [-0.2, 0) is 5.41 Å². The molecule has 0 saturated carbocycles. The van der Waals surface area contributed by atoms with Gasteiger partial charge in [0.1, 0.15) is 11.9 Å². The molecule has 2 heteroatoms.